The molecule has 0 fully saturated rings. The van der Waals surface area contributed by atoms with E-state index in [0.717, 1.165) is 77.0 Å². The highest BCUT2D eigenvalue weighted by atomic mass is 16.4. The Morgan fingerprint density at radius 3 is 1.27 bits per heavy atom. The summed E-state index contributed by atoms with van der Waals surface area (Å²) in [4.78, 5) is 22.4. The maximum Gasteiger partial charge on any atom is 0.309 e. The molecule has 1 aromatic carbocycles. The summed E-state index contributed by atoms with van der Waals surface area (Å²) in [7, 11) is 0. The number of carboxylic acids is 2. The number of benzene rings is 1. The number of rotatable bonds is 16. The monoisotopic (exact) mass is 460 g/mol. The van der Waals surface area contributed by atoms with E-state index in [1.165, 1.54) is 27.8 Å². The SMILES string of the molecule is Cc1c(CCCCCCC(C)(C)C(=O)O)cc(CCCCCCC(C)(C)C(=O)O)c(C)c1C. The highest BCUT2D eigenvalue weighted by molar-refractivity contribution is 5.73. The number of aliphatic carboxylic acids is 2. The largest absolute Gasteiger partial charge is 0.481 e. The molecule has 4 heteroatoms. The van der Waals surface area contributed by atoms with Gasteiger partial charge in [-0.2, -0.15) is 0 Å². The highest BCUT2D eigenvalue weighted by Crippen LogP contribution is 2.27. The van der Waals surface area contributed by atoms with Gasteiger partial charge in [-0.3, -0.25) is 9.59 Å². The fourth-order valence-electron chi connectivity index (χ4n) is 4.39. The number of unbranched alkanes of at least 4 members (excludes halogenated alkanes) is 6. The lowest BCUT2D eigenvalue weighted by atomic mass is 9.86. The number of hydrogen-bond donors (Lipinski definition) is 2. The van der Waals surface area contributed by atoms with Crippen LogP contribution < -0.4 is 0 Å². The van der Waals surface area contributed by atoms with Gasteiger partial charge in [0.15, 0.2) is 0 Å². The molecular formula is C29H48O4. The summed E-state index contributed by atoms with van der Waals surface area (Å²) in [5.41, 5.74) is 5.93. The van der Waals surface area contributed by atoms with E-state index in [9.17, 15) is 19.8 Å². The maximum absolute atomic E-state index is 11.2. The van der Waals surface area contributed by atoms with Crippen LogP contribution in [0.15, 0.2) is 6.07 Å². The summed E-state index contributed by atoms with van der Waals surface area (Å²) < 4.78 is 0. The Hall–Kier alpha value is -1.84. The Kier molecular flexibility index (Phi) is 11.6. The smallest absolute Gasteiger partial charge is 0.309 e. The van der Waals surface area contributed by atoms with Gasteiger partial charge >= 0.3 is 11.9 Å². The van der Waals surface area contributed by atoms with Crippen molar-refractivity contribution in [1.29, 1.82) is 0 Å². The fraction of sp³-hybridized carbons (Fsp3) is 0.724. The van der Waals surface area contributed by atoms with Gasteiger partial charge in [0.1, 0.15) is 0 Å². The van der Waals surface area contributed by atoms with Gasteiger partial charge in [-0.25, -0.2) is 0 Å². The zero-order valence-electron chi connectivity index (χ0n) is 22.3. The zero-order valence-corrected chi connectivity index (χ0v) is 22.3. The van der Waals surface area contributed by atoms with Crippen molar-refractivity contribution >= 4 is 11.9 Å². The minimum absolute atomic E-state index is 0.619. The molecule has 0 saturated heterocycles. The van der Waals surface area contributed by atoms with Gasteiger partial charge in [0.25, 0.3) is 0 Å². The molecule has 0 saturated carbocycles. The third-order valence-electron chi connectivity index (χ3n) is 7.59. The van der Waals surface area contributed by atoms with E-state index in [1.54, 1.807) is 0 Å². The molecule has 0 amide bonds. The maximum atomic E-state index is 11.2. The molecule has 0 spiro atoms. The minimum atomic E-state index is -0.704. The van der Waals surface area contributed by atoms with Crippen molar-refractivity contribution in [2.75, 3.05) is 0 Å². The molecule has 0 atom stereocenters. The van der Waals surface area contributed by atoms with E-state index in [2.05, 4.69) is 26.8 Å². The van der Waals surface area contributed by atoms with Crippen molar-refractivity contribution < 1.29 is 19.8 Å². The van der Waals surface area contributed by atoms with Crippen LogP contribution in [0.3, 0.4) is 0 Å². The molecule has 4 nitrogen and oxygen atoms in total. The molecule has 0 aromatic heterocycles. The lowest BCUT2D eigenvalue weighted by Crippen LogP contribution is -2.23. The van der Waals surface area contributed by atoms with Crippen molar-refractivity contribution in [2.45, 2.75) is 126 Å². The van der Waals surface area contributed by atoms with Gasteiger partial charge in [-0.05, 0) is 115 Å². The normalized spacial score (nSPS) is 12.2. The summed E-state index contributed by atoms with van der Waals surface area (Å²) in [5.74, 6) is -1.41. The first kappa shape index (κ1) is 29.2. The predicted molar refractivity (Wildman–Crippen MR) is 137 cm³/mol. The van der Waals surface area contributed by atoms with Gasteiger partial charge < -0.3 is 10.2 Å². The van der Waals surface area contributed by atoms with E-state index >= 15 is 0 Å². The van der Waals surface area contributed by atoms with Crippen molar-refractivity contribution in [3.8, 4) is 0 Å². The van der Waals surface area contributed by atoms with Crippen LogP contribution in [0.1, 0.15) is 120 Å². The Morgan fingerprint density at radius 1 is 0.606 bits per heavy atom. The van der Waals surface area contributed by atoms with Crippen LogP contribution in [-0.2, 0) is 22.4 Å². The summed E-state index contributed by atoms with van der Waals surface area (Å²) >= 11 is 0. The average Bonchev–Trinajstić information content (AvgIpc) is 2.73. The van der Waals surface area contributed by atoms with Gasteiger partial charge in [0, 0.05) is 0 Å². The Balaban J connectivity index is 2.48. The van der Waals surface area contributed by atoms with Crippen molar-refractivity contribution in [2.24, 2.45) is 10.8 Å². The van der Waals surface area contributed by atoms with Gasteiger partial charge in [0.2, 0.25) is 0 Å². The van der Waals surface area contributed by atoms with E-state index in [0.29, 0.717) is 0 Å². The van der Waals surface area contributed by atoms with E-state index in [1.807, 2.05) is 27.7 Å². The zero-order chi connectivity index (χ0) is 25.2. The molecule has 0 aliphatic heterocycles. The van der Waals surface area contributed by atoms with E-state index < -0.39 is 22.8 Å². The Bertz CT molecular complexity index is 727. The molecule has 0 bridgehead atoms. The highest BCUT2D eigenvalue weighted by Gasteiger charge is 2.26. The molecule has 1 aromatic rings. The molecule has 188 valence electrons. The van der Waals surface area contributed by atoms with Gasteiger partial charge in [-0.1, -0.05) is 44.6 Å². The summed E-state index contributed by atoms with van der Waals surface area (Å²) in [6, 6.07) is 2.42. The molecule has 1 rings (SSSR count). The van der Waals surface area contributed by atoms with Crippen molar-refractivity contribution in [3.05, 3.63) is 33.9 Å². The van der Waals surface area contributed by atoms with Crippen molar-refractivity contribution in [3.63, 3.8) is 0 Å². The second kappa shape index (κ2) is 13.2. The molecule has 0 heterocycles. The number of aryl methyl sites for hydroxylation is 2. The molecule has 0 unspecified atom stereocenters. The molecular weight excluding hydrogens is 412 g/mol. The quantitative estimate of drug-likeness (QED) is 0.247. The average molecular weight is 461 g/mol. The lowest BCUT2D eigenvalue weighted by Gasteiger charge is -2.19. The Morgan fingerprint density at radius 2 is 0.939 bits per heavy atom. The number of hydrogen-bond acceptors (Lipinski definition) is 2. The van der Waals surface area contributed by atoms with Crippen LogP contribution in [0.5, 0.6) is 0 Å². The molecule has 0 aliphatic carbocycles. The van der Waals surface area contributed by atoms with Crippen LogP contribution in [0, 0.1) is 31.6 Å². The predicted octanol–water partition coefficient (Wildman–Crippen LogP) is 7.82. The topological polar surface area (TPSA) is 74.6 Å². The first-order valence-electron chi connectivity index (χ1n) is 12.8. The summed E-state index contributed by atoms with van der Waals surface area (Å²) in [6.07, 6.45) is 12.4. The second-order valence-electron chi connectivity index (χ2n) is 11.3. The molecule has 33 heavy (non-hydrogen) atoms. The van der Waals surface area contributed by atoms with Crippen LogP contribution in [0.2, 0.25) is 0 Å². The second-order valence-corrected chi connectivity index (χ2v) is 11.3. The third-order valence-corrected chi connectivity index (χ3v) is 7.59. The van der Waals surface area contributed by atoms with Gasteiger partial charge in [-0.15, -0.1) is 0 Å². The number of carboxylic acid groups (broad SMARTS) is 2. The van der Waals surface area contributed by atoms with E-state index in [4.69, 9.17) is 0 Å². The van der Waals surface area contributed by atoms with Crippen LogP contribution in [0.4, 0.5) is 0 Å². The minimum Gasteiger partial charge on any atom is -0.481 e. The third kappa shape index (κ3) is 9.51. The van der Waals surface area contributed by atoms with Crippen LogP contribution >= 0.6 is 0 Å². The van der Waals surface area contributed by atoms with Crippen LogP contribution in [-0.4, -0.2) is 22.2 Å². The standard InChI is InChI=1S/C29H48O4/c1-21-22(2)24(16-12-8-10-14-18-28(4,5)26(30)31)20-25(23(21)3)17-13-9-11-15-19-29(6,7)27(32)33/h20H,8-19H2,1-7H3,(H,30,31)(H,32,33). The molecule has 2 N–H and O–H groups in total. The molecule has 0 radical (unpaired) electrons. The summed E-state index contributed by atoms with van der Waals surface area (Å²) in [5, 5.41) is 18.5. The summed E-state index contributed by atoms with van der Waals surface area (Å²) in [6.45, 7) is 14.0. The van der Waals surface area contributed by atoms with Crippen molar-refractivity contribution in [1.82, 2.24) is 0 Å². The van der Waals surface area contributed by atoms with E-state index in [-0.39, 0.29) is 0 Å². The fourth-order valence-corrected chi connectivity index (χ4v) is 4.39. The number of carbonyl (C=O) groups is 2. The first-order valence-corrected chi connectivity index (χ1v) is 12.8. The Labute approximate surface area is 202 Å². The first-order chi connectivity index (χ1) is 15.3. The molecule has 0 aliphatic rings. The van der Waals surface area contributed by atoms with Crippen LogP contribution in [0.25, 0.3) is 0 Å². The lowest BCUT2D eigenvalue weighted by molar-refractivity contribution is -0.148. The van der Waals surface area contributed by atoms with Gasteiger partial charge in [0.05, 0.1) is 10.8 Å².